The molecule has 25 heavy (non-hydrogen) atoms. The Morgan fingerprint density at radius 3 is 2.68 bits per heavy atom. The summed E-state index contributed by atoms with van der Waals surface area (Å²) in [5, 5.41) is 23.0. The van der Waals surface area contributed by atoms with E-state index in [1.807, 2.05) is 0 Å². The van der Waals surface area contributed by atoms with E-state index < -0.39 is 0 Å². The van der Waals surface area contributed by atoms with Gasteiger partial charge in [-0.3, -0.25) is 4.79 Å². The molecule has 2 aromatic carbocycles. The molecular formula is C20H23NO4. The summed E-state index contributed by atoms with van der Waals surface area (Å²) in [6.07, 6.45) is 4.00. The summed E-state index contributed by atoms with van der Waals surface area (Å²) in [4.78, 5) is 11.4. The minimum Gasteiger partial charge on any atom is -0.508 e. The maximum absolute atomic E-state index is 11.4. The second-order valence-electron chi connectivity index (χ2n) is 6.42. The number of hydrogen-bond acceptors (Lipinski definition) is 5. The Balaban J connectivity index is 1.76. The first kappa shape index (κ1) is 17.3. The third-order valence-corrected chi connectivity index (χ3v) is 4.62. The Kier molecular flexibility index (Phi) is 5.56. The molecule has 5 nitrogen and oxygen atoms in total. The van der Waals surface area contributed by atoms with Gasteiger partial charge >= 0.3 is 0 Å². The molecule has 1 fully saturated rings. The minimum absolute atomic E-state index is 0.102. The lowest BCUT2D eigenvalue weighted by Crippen LogP contribution is -2.30. The van der Waals surface area contributed by atoms with Gasteiger partial charge < -0.3 is 20.3 Å². The number of benzene rings is 2. The highest BCUT2D eigenvalue weighted by Crippen LogP contribution is 2.34. The van der Waals surface area contributed by atoms with Crippen molar-refractivity contribution in [1.29, 1.82) is 0 Å². The first-order chi connectivity index (χ1) is 12.2. The predicted molar refractivity (Wildman–Crippen MR) is 96.3 cm³/mol. The maximum atomic E-state index is 11.4. The number of piperidine rings is 1. The van der Waals surface area contributed by atoms with Gasteiger partial charge in [0.2, 0.25) is 0 Å². The first-order valence-electron chi connectivity index (χ1n) is 8.62. The number of hydrogen-bond donors (Lipinski definition) is 3. The zero-order valence-electron chi connectivity index (χ0n) is 14.1. The Morgan fingerprint density at radius 2 is 2.00 bits per heavy atom. The van der Waals surface area contributed by atoms with E-state index in [0.29, 0.717) is 30.1 Å². The molecular weight excluding hydrogens is 318 g/mol. The number of phenolic OH excluding ortho intramolecular Hbond substituents is 2. The molecule has 1 aliphatic heterocycles. The normalized spacial score (nSPS) is 17.2. The molecule has 5 heteroatoms. The molecule has 3 N–H and O–H groups in total. The van der Waals surface area contributed by atoms with Crippen LogP contribution in [-0.4, -0.2) is 36.2 Å². The van der Waals surface area contributed by atoms with Gasteiger partial charge in [-0.1, -0.05) is 12.1 Å². The van der Waals surface area contributed by atoms with Crippen LogP contribution in [0.15, 0.2) is 36.4 Å². The van der Waals surface area contributed by atoms with Crippen LogP contribution in [0.3, 0.4) is 0 Å². The number of nitrogens with one attached hydrogen (secondary N) is 1. The number of ether oxygens (including phenoxy) is 1. The van der Waals surface area contributed by atoms with Crippen LogP contribution in [0.4, 0.5) is 0 Å². The van der Waals surface area contributed by atoms with Gasteiger partial charge in [0.05, 0.1) is 12.2 Å². The molecule has 2 aromatic rings. The van der Waals surface area contributed by atoms with E-state index in [1.165, 1.54) is 18.9 Å². The Morgan fingerprint density at radius 1 is 1.20 bits per heavy atom. The number of aldehydes is 1. The van der Waals surface area contributed by atoms with Gasteiger partial charge in [-0.05, 0) is 67.6 Å². The van der Waals surface area contributed by atoms with Crippen LogP contribution >= 0.6 is 0 Å². The molecule has 1 atom stereocenters. The van der Waals surface area contributed by atoms with Crippen molar-refractivity contribution in [2.45, 2.75) is 19.3 Å². The highest BCUT2D eigenvalue weighted by Gasteiger charge is 2.15. The second-order valence-corrected chi connectivity index (χ2v) is 6.42. The van der Waals surface area contributed by atoms with Crippen molar-refractivity contribution in [1.82, 2.24) is 5.32 Å². The average Bonchev–Trinajstić information content (AvgIpc) is 2.63. The Hall–Kier alpha value is -2.53. The van der Waals surface area contributed by atoms with Crippen LogP contribution in [0.2, 0.25) is 0 Å². The van der Waals surface area contributed by atoms with Crippen molar-refractivity contribution in [3.8, 4) is 28.4 Å². The molecule has 132 valence electrons. The van der Waals surface area contributed by atoms with E-state index in [4.69, 9.17) is 4.74 Å². The molecule has 3 rings (SSSR count). The zero-order chi connectivity index (χ0) is 17.6. The second kappa shape index (κ2) is 8.03. The quantitative estimate of drug-likeness (QED) is 0.702. The van der Waals surface area contributed by atoms with Gasteiger partial charge in [-0.15, -0.1) is 0 Å². The molecule has 0 amide bonds. The van der Waals surface area contributed by atoms with Gasteiger partial charge in [0.1, 0.15) is 17.2 Å². The summed E-state index contributed by atoms with van der Waals surface area (Å²) in [6, 6.07) is 9.74. The zero-order valence-corrected chi connectivity index (χ0v) is 14.1. The van der Waals surface area contributed by atoms with Crippen LogP contribution in [0.5, 0.6) is 17.2 Å². The van der Waals surface area contributed by atoms with Crippen LogP contribution in [0.25, 0.3) is 11.1 Å². The van der Waals surface area contributed by atoms with Crippen LogP contribution in [-0.2, 0) is 0 Å². The minimum atomic E-state index is -0.102. The molecule has 1 saturated heterocycles. The number of aromatic hydroxyl groups is 2. The summed E-state index contributed by atoms with van der Waals surface area (Å²) >= 11 is 0. The molecule has 0 bridgehead atoms. The first-order valence-corrected chi connectivity index (χ1v) is 8.62. The highest BCUT2D eigenvalue weighted by atomic mass is 16.5. The number of phenols is 2. The van der Waals surface area contributed by atoms with Crippen molar-refractivity contribution >= 4 is 6.29 Å². The molecule has 1 unspecified atom stereocenters. The van der Waals surface area contributed by atoms with E-state index in [0.717, 1.165) is 25.1 Å². The summed E-state index contributed by atoms with van der Waals surface area (Å²) in [6.45, 7) is 2.69. The summed E-state index contributed by atoms with van der Waals surface area (Å²) < 4.78 is 5.82. The van der Waals surface area contributed by atoms with Gasteiger partial charge in [0.25, 0.3) is 0 Å². The molecule has 0 spiro atoms. The molecule has 0 aromatic heterocycles. The van der Waals surface area contributed by atoms with Crippen LogP contribution in [0, 0.1) is 5.92 Å². The van der Waals surface area contributed by atoms with Gasteiger partial charge in [-0.2, -0.15) is 0 Å². The molecule has 0 radical (unpaired) electrons. The number of rotatable bonds is 6. The van der Waals surface area contributed by atoms with Gasteiger partial charge in [0.15, 0.2) is 6.29 Å². The van der Waals surface area contributed by atoms with Crippen LogP contribution < -0.4 is 10.1 Å². The smallest absolute Gasteiger partial charge is 0.154 e. The summed E-state index contributed by atoms with van der Waals surface area (Å²) in [5.74, 6) is 1.20. The van der Waals surface area contributed by atoms with E-state index in [1.54, 1.807) is 30.3 Å². The maximum Gasteiger partial charge on any atom is 0.154 e. The predicted octanol–water partition coefficient (Wildman–Crippen LogP) is 3.35. The molecule has 0 saturated carbocycles. The fourth-order valence-electron chi connectivity index (χ4n) is 3.21. The standard InChI is InChI=1S/C20H23NO4/c22-13-19-18(15-3-5-16(23)6-4-15)10-17(11-20(19)24)25-9-7-14-2-1-8-21-12-14/h3-6,10-11,13-14,21,23-24H,1-2,7-9,12H2. The molecule has 1 aliphatic rings. The van der Waals surface area contributed by atoms with Crippen molar-refractivity contribution in [2.24, 2.45) is 5.92 Å². The van der Waals surface area contributed by atoms with Gasteiger partial charge in [0, 0.05) is 6.07 Å². The lowest BCUT2D eigenvalue weighted by atomic mass is 9.97. The third kappa shape index (κ3) is 4.31. The number of carbonyl (C=O) groups excluding carboxylic acids is 1. The monoisotopic (exact) mass is 341 g/mol. The summed E-state index contributed by atoms with van der Waals surface area (Å²) in [5.41, 5.74) is 1.54. The Labute approximate surface area is 147 Å². The highest BCUT2D eigenvalue weighted by molar-refractivity contribution is 5.91. The Bertz CT molecular complexity index is 721. The van der Waals surface area contributed by atoms with E-state index in [2.05, 4.69) is 5.32 Å². The van der Waals surface area contributed by atoms with E-state index in [9.17, 15) is 15.0 Å². The topological polar surface area (TPSA) is 78.8 Å². The van der Waals surface area contributed by atoms with Crippen molar-refractivity contribution in [3.05, 3.63) is 42.0 Å². The van der Waals surface area contributed by atoms with Crippen LogP contribution in [0.1, 0.15) is 29.6 Å². The lowest BCUT2D eigenvalue weighted by Gasteiger charge is -2.22. The number of carbonyl (C=O) groups is 1. The lowest BCUT2D eigenvalue weighted by molar-refractivity contribution is 0.112. The summed E-state index contributed by atoms with van der Waals surface area (Å²) in [7, 11) is 0. The van der Waals surface area contributed by atoms with Crippen molar-refractivity contribution in [3.63, 3.8) is 0 Å². The van der Waals surface area contributed by atoms with Crippen molar-refractivity contribution < 1.29 is 19.7 Å². The SMILES string of the molecule is O=Cc1c(O)cc(OCCC2CCCNC2)cc1-c1ccc(O)cc1. The average molecular weight is 341 g/mol. The third-order valence-electron chi connectivity index (χ3n) is 4.62. The van der Waals surface area contributed by atoms with E-state index >= 15 is 0 Å². The van der Waals surface area contributed by atoms with E-state index in [-0.39, 0.29) is 17.1 Å². The fraction of sp³-hybridized carbons (Fsp3) is 0.350. The van der Waals surface area contributed by atoms with Crippen molar-refractivity contribution in [2.75, 3.05) is 19.7 Å². The molecule has 0 aliphatic carbocycles. The fourth-order valence-corrected chi connectivity index (χ4v) is 3.21. The van der Waals surface area contributed by atoms with Gasteiger partial charge in [-0.25, -0.2) is 0 Å². The largest absolute Gasteiger partial charge is 0.508 e. The molecule has 1 heterocycles.